The highest BCUT2D eigenvalue weighted by Crippen LogP contribution is 2.23. The van der Waals surface area contributed by atoms with Gasteiger partial charge in [-0.25, -0.2) is 13.4 Å². The van der Waals surface area contributed by atoms with Crippen molar-refractivity contribution in [2.45, 2.75) is 24.8 Å². The summed E-state index contributed by atoms with van der Waals surface area (Å²) in [4.78, 5) is 19.9. The molecule has 2 aromatic carbocycles. The number of hydrogen-bond acceptors (Lipinski definition) is 5. The highest BCUT2D eigenvalue weighted by atomic mass is 32.2. The Labute approximate surface area is 176 Å². The van der Waals surface area contributed by atoms with Crippen molar-refractivity contribution in [1.82, 2.24) is 18.8 Å². The van der Waals surface area contributed by atoms with Crippen LogP contribution in [0.1, 0.15) is 24.4 Å². The Morgan fingerprint density at radius 3 is 2.27 bits per heavy atom. The third kappa shape index (κ3) is 3.66. The minimum Gasteiger partial charge on any atom is -0.298 e. The predicted molar refractivity (Wildman–Crippen MR) is 117 cm³/mol. The Morgan fingerprint density at radius 2 is 1.60 bits per heavy atom. The molecule has 1 atom stereocenters. The number of sulfonamides is 1. The van der Waals surface area contributed by atoms with Crippen LogP contribution in [0.25, 0.3) is 10.9 Å². The third-order valence-electron chi connectivity index (χ3n) is 5.87. The lowest BCUT2D eigenvalue weighted by Gasteiger charge is -2.37. The van der Waals surface area contributed by atoms with Crippen molar-refractivity contribution in [2.24, 2.45) is 7.05 Å². The van der Waals surface area contributed by atoms with Gasteiger partial charge in [0.25, 0.3) is 5.56 Å². The summed E-state index contributed by atoms with van der Waals surface area (Å²) in [5.41, 5.74) is 1.65. The second-order valence-corrected chi connectivity index (χ2v) is 9.72. The van der Waals surface area contributed by atoms with Crippen LogP contribution >= 0.6 is 0 Å². The number of hydrogen-bond donors (Lipinski definition) is 0. The van der Waals surface area contributed by atoms with Crippen LogP contribution in [0.5, 0.6) is 0 Å². The Balaban J connectivity index is 1.53. The number of rotatable bonds is 4. The van der Waals surface area contributed by atoms with E-state index >= 15 is 0 Å². The van der Waals surface area contributed by atoms with Crippen LogP contribution in [0.4, 0.5) is 0 Å². The SMILES string of the molecule is Cc1ccc(S(=O)(=O)N2CCN(C(C)c3nc4ccccc4c(=O)n3C)CC2)cc1. The second-order valence-electron chi connectivity index (χ2n) is 7.78. The fraction of sp³-hybridized carbons (Fsp3) is 0.364. The van der Waals surface area contributed by atoms with E-state index in [-0.39, 0.29) is 11.6 Å². The van der Waals surface area contributed by atoms with Crippen LogP contribution in [0.2, 0.25) is 0 Å². The standard InChI is InChI=1S/C22H26N4O3S/c1-16-8-10-18(11-9-16)30(28,29)26-14-12-25(13-15-26)17(2)21-23-20-7-5-4-6-19(20)22(27)24(21)3/h4-11,17H,12-15H2,1-3H3. The fourth-order valence-corrected chi connectivity index (χ4v) is 5.38. The minimum atomic E-state index is -3.50. The molecule has 0 aliphatic carbocycles. The molecule has 8 heteroatoms. The molecule has 4 rings (SSSR count). The average molecular weight is 427 g/mol. The first-order valence-corrected chi connectivity index (χ1v) is 11.5. The van der Waals surface area contributed by atoms with Gasteiger partial charge in [0.05, 0.1) is 21.8 Å². The van der Waals surface area contributed by atoms with Gasteiger partial charge in [-0.15, -0.1) is 0 Å². The Kier molecular flexibility index (Phi) is 5.48. The summed E-state index contributed by atoms with van der Waals surface area (Å²) in [5.74, 6) is 0.688. The average Bonchev–Trinajstić information content (AvgIpc) is 2.76. The van der Waals surface area contributed by atoms with E-state index < -0.39 is 10.0 Å². The lowest BCUT2D eigenvalue weighted by molar-refractivity contribution is 0.139. The molecule has 1 aliphatic rings. The Hall–Kier alpha value is -2.55. The second kappa shape index (κ2) is 7.94. The molecule has 2 heterocycles. The molecule has 0 N–H and O–H groups in total. The quantitative estimate of drug-likeness (QED) is 0.640. The molecule has 0 spiro atoms. The van der Waals surface area contributed by atoms with E-state index in [1.165, 1.54) is 4.31 Å². The van der Waals surface area contributed by atoms with E-state index in [2.05, 4.69) is 4.90 Å². The smallest absolute Gasteiger partial charge is 0.261 e. The van der Waals surface area contributed by atoms with Crippen molar-refractivity contribution in [3.63, 3.8) is 0 Å². The molecule has 1 aromatic heterocycles. The molecule has 7 nitrogen and oxygen atoms in total. The molecule has 3 aromatic rings. The van der Waals surface area contributed by atoms with Gasteiger partial charge in [0, 0.05) is 33.2 Å². The van der Waals surface area contributed by atoms with E-state index in [4.69, 9.17) is 4.98 Å². The largest absolute Gasteiger partial charge is 0.298 e. The topological polar surface area (TPSA) is 75.5 Å². The van der Waals surface area contributed by atoms with E-state index in [1.807, 2.05) is 44.2 Å². The van der Waals surface area contributed by atoms with Crippen LogP contribution < -0.4 is 5.56 Å². The molecule has 30 heavy (non-hydrogen) atoms. The summed E-state index contributed by atoms with van der Waals surface area (Å²) < 4.78 is 29.0. The number of piperazine rings is 1. The minimum absolute atomic E-state index is 0.0666. The lowest BCUT2D eigenvalue weighted by Crippen LogP contribution is -2.49. The van der Waals surface area contributed by atoms with Gasteiger partial charge in [-0.2, -0.15) is 4.31 Å². The molecule has 0 bridgehead atoms. The first-order valence-electron chi connectivity index (χ1n) is 10.1. The number of benzene rings is 2. The zero-order valence-electron chi connectivity index (χ0n) is 17.4. The van der Waals surface area contributed by atoms with E-state index in [0.717, 1.165) is 5.56 Å². The molecule has 0 saturated carbocycles. The molecule has 1 aliphatic heterocycles. The van der Waals surface area contributed by atoms with Gasteiger partial charge >= 0.3 is 0 Å². The van der Waals surface area contributed by atoms with Crippen molar-refractivity contribution in [3.8, 4) is 0 Å². The number of nitrogens with zero attached hydrogens (tertiary/aromatic N) is 4. The summed E-state index contributed by atoms with van der Waals surface area (Å²) in [6, 6.07) is 14.2. The van der Waals surface area contributed by atoms with E-state index in [0.29, 0.717) is 47.8 Å². The van der Waals surface area contributed by atoms with Crippen molar-refractivity contribution >= 4 is 20.9 Å². The van der Waals surface area contributed by atoms with Crippen molar-refractivity contribution in [3.05, 3.63) is 70.3 Å². The monoisotopic (exact) mass is 426 g/mol. The summed E-state index contributed by atoms with van der Waals surface area (Å²) in [5, 5.41) is 0.602. The zero-order valence-corrected chi connectivity index (χ0v) is 18.3. The highest BCUT2D eigenvalue weighted by molar-refractivity contribution is 7.89. The predicted octanol–water partition coefficient (Wildman–Crippen LogP) is 2.31. The van der Waals surface area contributed by atoms with E-state index in [9.17, 15) is 13.2 Å². The molecule has 1 saturated heterocycles. The Morgan fingerprint density at radius 1 is 0.967 bits per heavy atom. The summed E-state index contributed by atoms with van der Waals surface area (Å²) in [7, 11) is -1.76. The van der Waals surface area contributed by atoms with Crippen molar-refractivity contribution < 1.29 is 8.42 Å². The lowest BCUT2D eigenvalue weighted by atomic mass is 10.2. The van der Waals surface area contributed by atoms with Gasteiger partial charge in [0.15, 0.2) is 0 Å². The first kappa shape index (κ1) is 20.7. The third-order valence-corrected chi connectivity index (χ3v) is 7.78. The number of para-hydroxylation sites is 1. The normalized spacial score (nSPS) is 17.3. The number of fused-ring (bicyclic) bond motifs is 1. The fourth-order valence-electron chi connectivity index (χ4n) is 3.96. The van der Waals surface area contributed by atoms with Gasteiger partial charge in [-0.3, -0.25) is 14.3 Å². The van der Waals surface area contributed by atoms with Crippen LogP contribution in [0.3, 0.4) is 0 Å². The van der Waals surface area contributed by atoms with Gasteiger partial charge < -0.3 is 0 Å². The molecule has 1 unspecified atom stereocenters. The number of aromatic nitrogens is 2. The van der Waals surface area contributed by atoms with Gasteiger partial charge in [0.2, 0.25) is 10.0 Å². The summed E-state index contributed by atoms with van der Waals surface area (Å²) in [6.45, 7) is 5.92. The maximum absolute atomic E-state index is 12.9. The van der Waals surface area contributed by atoms with Crippen molar-refractivity contribution in [1.29, 1.82) is 0 Å². The van der Waals surface area contributed by atoms with Crippen molar-refractivity contribution in [2.75, 3.05) is 26.2 Å². The van der Waals surface area contributed by atoms with Crippen LogP contribution in [0, 0.1) is 6.92 Å². The first-order chi connectivity index (χ1) is 14.3. The summed E-state index contributed by atoms with van der Waals surface area (Å²) in [6.07, 6.45) is 0. The zero-order chi connectivity index (χ0) is 21.5. The number of aryl methyl sites for hydroxylation is 1. The highest BCUT2D eigenvalue weighted by Gasteiger charge is 2.31. The van der Waals surface area contributed by atoms with Crippen LogP contribution in [-0.2, 0) is 17.1 Å². The van der Waals surface area contributed by atoms with Crippen LogP contribution in [0.15, 0.2) is 58.2 Å². The molecule has 0 amide bonds. The Bertz CT molecular complexity index is 1230. The molecule has 158 valence electrons. The maximum atomic E-state index is 12.9. The molecular weight excluding hydrogens is 400 g/mol. The summed E-state index contributed by atoms with van der Waals surface area (Å²) >= 11 is 0. The van der Waals surface area contributed by atoms with E-state index in [1.54, 1.807) is 29.8 Å². The van der Waals surface area contributed by atoms with Gasteiger partial charge in [0.1, 0.15) is 5.82 Å². The van der Waals surface area contributed by atoms with Crippen LogP contribution in [-0.4, -0.2) is 53.4 Å². The maximum Gasteiger partial charge on any atom is 0.261 e. The molecule has 1 fully saturated rings. The molecular formula is C22H26N4O3S. The molecule has 0 radical (unpaired) electrons. The van der Waals surface area contributed by atoms with Gasteiger partial charge in [-0.05, 0) is 38.1 Å². The van der Waals surface area contributed by atoms with Gasteiger partial charge in [-0.1, -0.05) is 29.8 Å².